The third-order valence-corrected chi connectivity index (χ3v) is 2.41. The Morgan fingerprint density at radius 1 is 1.18 bits per heavy atom. The molecule has 4 heteroatoms. The van der Waals surface area contributed by atoms with Crippen LogP contribution in [0.3, 0.4) is 0 Å². The molecular weight excluding hydrogens is 214 g/mol. The van der Waals surface area contributed by atoms with Crippen LogP contribution in [0, 0.1) is 0 Å². The minimum atomic E-state index is 0.0506. The van der Waals surface area contributed by atoms with Crippen LogP contribution >= 0.6 is 0 Å². The Morgan fingerprint density at radius 2 is 1.82 bits per heavy atom. The Kier molecular flexibility index (Phi) is 6.10. The Bertz CT molecular complexity index is 335. The summed E-state index contributed by atoms with van der Waals surface area (Å²) in [5.41, 5.74) is 7.27. The summed E-state index contributed by atoms with van der Waals surface area (Å²) in [5, 5.41) is 6.07. The van der Waals surface area contributed by atoms with Gasteiger partial charge in [0.15, 0.2) is 0 Å². The number of amides is 1. The molecule has 1 aromatic rings. The van der Waals surface area contributed by atoms with E-state index < -0.39 is 0 Å². The van der Waals surface area contributed by atoms with Crippen LogP contribution in [0.4, 0.5) is 11.4 Å². The second-order valence-electron chi connectivity index (χ2n) is 3.90. The van der Waals surface area contributed by atoms with Gasteiger partial charge in [0.1, 0.15) is 0 Å². The van der Waals surface area contributed by atoms with E-state index in [1.165, 1.54) is 0 Å². The highest BCUT2D eigenvalue weighted by molar-refractivity contribution is 5.90. The van der Waals surface area contributed by atoms with Gasteiger partial charge in [-0.2, -0.15) is 0 Å². The van der Waals surface area contributed by atoms with E-state index in [0.717, 1.165) is 30.8 Å². The normalized spacial score (nSPS) is 10.0. The molecule has 0 aromatic heterocycles. The third-order valence-electron chi connectivity index (χ3n) is 2.41. The van der Waals surface area contributed by atoms with Crippen LogP contribution in [0.2, 0.25) is 0 Å². The van der Waals surface area contributed by atoms with Crippen LogP contribution in [0.15, 0.2) is 24.3 Å². The van der Waals surface area contributed by atoms with Gasteiger partial charge in [0, 0.05) is 24.3 Å². The lowest BCUT2D eigenvalue weighted by Gasteiger charge is -2.07. The molecule has 0 aliphatic heterocycles. The van der Waals surface area contributed by atoms with Crippen molar-refractivity contribution in [2.45, 2.75) is 26.2 Å². The van der Waals surface area contributed by atoms with E-state index in [9.17, 15) is 4.79 Å². The number of nitrogens with two attached hydrogens (primary N) is 1. The fourth-order valence-electron chi connectivity index (χ4n) is 1.53. The standard InChI is InChI=1S/C13H21N3O/c1-2-15-11-6-8-12(9-7-11)16-13(17)5-3-4-10-14/h6-9,15H,2-5,10,14H2,1H3,(H,16,17). The van der Waals surface area contributed by atoms with E-state index in [1.54, 1.807) is 0 Å². The zero-order valence-electron chi connectivity index (χ0n) is 10.3. The number of benzene rings is 1. The number of nitrogens with one attached hydrogen (secondary N) is 2. The van der Waals surface area contributed by atoms with E-state index in [2.05, 4.69) is 10.6 Å². The van der Waals surface area contributed by atoms with Crippen LogP contribution in [-0.4, -0.2) is 19.0 Å². The molecule has 4 nitrogen and oxygen atoms in total. The summed E-state index contributed by atoms with van der Waals surface area (Å²) in [6.07, 6.45) is 2.27. The molecular formula is C13H21N3O. The molecule has 0 atom stereocenters. The van der Waals surface area contributed by atoms with Gasteiger partial charge in [-0.1, -0.05) is 0 Å². The molecule has 0 bridgehead atoms. The maximum atomic E-state index is 11.5. The summed E-state index contributed by atoms with van der Waals surface area (Å²) < 4.78 is 0. The van der Waals surface area contributed by atoms with Gasteiger partial charge >= 0.3 is 0 Å². The first-order valence-electron chi connectivity index (χ1n) is 6.10. The van der Waals surface area contributed by atoms with Crippen LogP contribution in [0.1, 0.15) is 26.2 Å². The van der Waals surface area contributed by atoms with Gasteiger partial charge in [0.25, 0.3) is 0 Å². The summed E-state index contributed by atoms with van der Waals surface area (Å²) >= 11 is 0. The predicted molar refractivity (Wildman–Crippen MR) is 72.1 cm³/mol. The molecule has 0 aliphatic carbocycles. The number of rotatable bonds is 7. The van der Waals surface area contributed by atoms with Crippen molar-refractivity contribution in [1.82, 2.24) is 0 Å². The molecule has 94 valence electrons. The van der Waals surface area contributed by atoms with E-state index in [1.807, 2.05) is 31.2 Å². The van der Waals surface area contributed by atoms with Crippen molar-refractivity contribution < 1.29 is 4.79 Å². The molecule has 0 heterocycles. The minimum absolute atomic E-state index is 0.0506. The van der Waals surface area contributed by atoms with Crippen molar-refractivity contribution in [2.24, 2.45) is 5.73 Å². The lowest BCUT2D eigenvalue weighted by Crippen LogP contribution is -2.12. The summed E-state index contributed by atoms with van der Waals surface area (Å²) in [6.45, 7) is 3.59. The number of carbonyl (C=O) groups is 1. The first-order valence-corrected chi connectivity index (χ1v) is 6.10. The van der Waals surface area contributed by atoms with E-state index in [4.69, 9.17) is 5.73 Å². The molecule has 0 spiro atoms. The summed E-state index contributed by atoms with van der Waals surface area (Å²) in [4.78, 5) is 11.5. The predicted octanol–water partition coefficient (Wildman–Crippen LogP) is 2.19. The molecule has 1 rings (SSSR count). The minimum Gasteiger partial charge on any atom is -0.385 e. The smallest absolute Gasteiger partial charge is 0.224 e. The maximum absolute atomic E-state index is 11.5. The quantitative estimate of drug-likeness (QED) is 0.635. The topological polar surface area (TPSA) is 67.1 Å². The molecule has 4 N–H and O–H groups in total. The molecule has 0 unspecified atom stereocenters. The number of unbranched alkanes of at least 4 members (excludes halogenated alkanes) is 1. The summed E-state index contributed by atoms with van der Waals surface area (Å²) in [5.74, 6) is 0.0506. The lowest BCUT2D eigenvalue weighted by atomic mass is 10.2. The highest BCUT2D eigenvalue weighted by Gasteiger charge is 2.01. The monoisotopic (exact) mass is 235 g/mol. The Balaban J connectivity index is 2.37. The maximum Gasteiger partial charge on any atom is 0.224 e. The van der Waals surface area contributed by atoms with Gasteiger partial charge in [-0.25, -0.2) is 0 Å². The summed E-state index contributed by atoms with van der Waals surface area (Å²) in [7, 11) is 0. The van der Waals surface area contributed by atoms with Gasteiger partial charge < -0.3 is 16.4 Å². The van der Waals surface area contributed by atoms with Crippen LogP contribution in [0.5, 0.6) is 0 Å². The summed E-state index contributed by atoms with van der Waals surface area (Å²) in [6, 6.07) is 7.72. The molecule has 0 saturated heterocycles. The lowest BCUT2D eigenvalue weighted by molar-refractivity contribution is -0.116. The van der Waals surface area contributed by atoms with Crippen LogP contribution in [-0.2, 0) is 4.79 Å². The van der Waals surface area contributed by atoms with Gasteiger partial charge in [0.2, 0.25) is 5.91 Å². The second-order valence-corrected chi connectivity index (χ2v) is 3.90. The van der Waals surface area contributed by atoms with Gasteiger partial charge in [-0.05, 0) is 50.6 Å². The van der Waals surface area contributed by atoms with E-state index in [0.29, 0.717) is 13.0 Å². The average Bonchev–Trinajstić information content (AvgIpc) is 2.32. The average molecular weight is 235 g/mol. The highest BCUT2D eigenvalue weighted by atomic mass is 16.1. The van der Waals surface area contributed by atoms with Crippen LogP contribution < -0.4 is 16.4 Å². The van der Waals surface area contributed by atoms with Crippen LogP contribution in [0.25, 0.3) is 0 Å². The fourth-order valence-corrected chi connectivity index (χ4v) is 1.53. The van der Waals surface area contributed by atoms with Crippen molar-refractivity contribution in [2.75, 3.05) is 23.7 Å². The molecule has 0 fully saturated rings. The van der Waals surface area contributed by atoms with Gasteiger partial charge in [-0.15, -0.1) is 0 Å². The van der Waals surface area contributed by atoms with Gasteiger partial charge in [-0.3, -0.25) is 4.79 Å². The number of carbonyl (C=O) groups excluding carboxylic acids is 1. The Labute approximate surface area is 103 Å². The SMILES string of the molecule is CCNc1ccc(NC(=O)CCCCN)cc1. The third kappa shape index (κ3) is 5.36. The van der Waals surface area contributed by atoms with Crippen molar-refractivity contribution in [3.05, 3.63) is 24.3 Å². The molecule has 0 radical (unpaired) electrons. The fraction of sp³-hybridized carbons (Fsp3) is 0.462. The number of hydrogen-bond acceptors (Lipinski definition) is 3. The Morgan fingerprint density at radius 3 is 2.41 bits per heavy atom. The first-order chi connectivity index (χ1) is 8.26. The zero-order valence-corrected chi connectivity index (χ0v) is 10.3. The van der Waals surface area contributed by atoms with E-state index in [-0.39, 0.29) is 5.91 Å². The highest BCUT2D eigenvalue weighted by Crippen LogP contribution is 2.13. The second kappa shape index (κ2) is 7.68. The van der Waals surface area contributed by atoms with Gasteiger partial charge in [0.05, 0.1) is 0 Å². The van der Waals surface area contributed by atoms with E-state index >= 15 is 0 Å². The molecule has 0 saturated carbocycles. The number of hydrogen-bond donors (Lipinski definition) is 3. The molecule has 17 heavy (non-hydrogen) atoms. The Hall–Kier alpha value is -1.55. The van der Waals surface area contributed by atoms with Crippen molar-refractivity contribution in [3.8, 4) is 0 Å². The number of anilines is 2. The molecule has 0 aliphatic rings. The van der Waals surface area contributed by atoms with Crippen molar-refractivity contribution in [3.63, 3.8) is 0 Å². The first kappa shape index (κ1) is 13.5. The molecule has 1 amide bonds. The van der Waals surface area contributed by atoms with Crippen molar-refractivity contribution in [1.29, 1.82) is 0 Å². The molecule has 1 aromatic carbocycles. The largest absolute Gasteiger partial charge is 0.385 e. The zero-order chi connectivity index (χ0) is 12.5. The van der Waals surface area contributed by atoms with Crippen molar-refractivity contribution >= 4 is 17.3 Å².